The zero-order valence-corrected chi connectivity index (χ0v) is 8.58. The van der Waals surface area contributed by atoms with Crippen molar-refractivity contribution < 1.29 is 0 Å². The van der Waals surface area contributed by atoms with Crippen LogP contribution in [0.25, 0.3) is 0 Å². The summed E-state index contributed by atoms with van der Waals surface area (Å²) in [7, 11) is 1.96. The topological polar surface area (TPSA) is 29.9 Å². The van der Waals surface area contributed by atoms with Crippen LogP contribution >= 0.6 is 0 Å². The SMILES string of the molecule is CCCNCCCc1ccn(C)n1. The summed E-state index contributed by atoms with van der Waals surface area (Å²) >= 11 is 0. The third-order valence-corrected chi connectivity index (χ3v) is 1.98. The predicted octanol–water partition coefficient (Wildman–Crippen LogP) is 1.35. The van der Waals surface area contributed by atoms with Gasteiger partial charge in [0.05, 0.1) is 5.69 Å². The van der Waals surface area contributed by atoms with Crippen molar-refractivity contribution in [3.05, 3.63) is 18.0 Å². The lowest BCUT2D eigenvalue weighted by atomic mass is 10.2. The highest BCUT2D eigenvalue weighted by atomic mass is 15.2. The Balaban J connectivity index is 2.06. The molecule has 0 bridgehead atoms. The Morgan fingerprint density at radius 1 is 1.46 bits per heavy atom. The van der Waals surface area contributed by atoms with Gasteiger partial charge >= 0.3 is 0 Å². The molecular weight excluding hydrogens is 162 g/mol. The molecule has 0 spiro atoms. The fourth-order valence-electron chi connectivity index (χ4n) is 1.29. The standard InChI is InChI=1S/C10H19N3/c1-3-7-11-8-4-5-10-6-9-13(2)12-10/h6,9,11H,3-5,7-8H2,1-2H3. The van der Waals surface area contributed by atoms with Crippen LogP contribution in [0.3, 0.4) is 0 Å². The lowest BCUT2D eigenvalue weighted by Gasteiger charge is -2.00. The van der Waals surface area contributed by atoms with E-state index in [2.05, 4.69) is 23.4 Å². The largest absolute Gasteiger partial charge is 0.317 e. The lowest BCUT2D eigenvalue weighted by molar-refractivity contribution is 0.630. The van der Waals surface area contributed by atoms with Crippen LogP contribution in [0.4, 0.5) is 0 Å². The van der Waals surface area contributed by atoms with E-state index in [1.54, 1.807) is 0 Å². The van der Waals surface area contributed by atoms with Crippen molar-refractivity contribution in [3.8, 4) is 0 Å². The summed E-state index contributed by atoms with van der Waals surface area (Å²) in [5.41, 5.74) is 1.20. The van der Waals surface area contributed by atoms with Gasteiger partial charge in [0.15, 0.2) is 0 Å². The fraction of sp³-hybridized carbons (Fsp3) is 0.700. The first-order valence-electron chi connectivity index (χ1n) is 5.02. The minimum absolute atomic E-state index is 1.08. The van der Waals surface area contributed by atoms with Gasteiger partial charge < -0.3 is 5.32 Å². The summed E-state index contributed by atoms with van der Waals surface area (Å²) in [5.74, 6) is 0. The Bertz CT molecular complexity index is 230. The van der Waals surface area contributed by atoms with Gasteiger partial charge in [0.2, 0.25) is 0 Å². The van der Waals surface area contributed by atoms with E-state index in [1.807, 2.05) is 17.9 Å². The average molecular weight is 181 g/mol. The zero-order valence-electron chi connectivity index (χ0n) is 8.58. The highest BCUT2D eigenvalue weighted by Gasteiger charge is 1.95. The van der Waals surface area contributed by atoms with Crippen molar-refractivity contribution in [2.75, 3.05) is 13.1 Å². The second kappa shape index (κ2) is 5.75. The molecule has 3 heteroatoms. The van der Waals surface area contributed by atoms with Crippen LogP contribution < -0.4 is 5.32 Å². The molecule has 13 heavy (non-hydrogen) atoms. The van der Waals surface area contributed by atoms with Gasteiger partial charge in [0.25, 0.3) is 0 Å². The minimum atomic E-state index is 1.08. The summed E-state index contributed by atoms with van der Waals surface area (Å²) in [5, 5.41) is 7.69. The summed E-state index contributed by atoms with van der Waals surface area (Å²) < 4.78 is 1.86. The molecule has 0 unspecified atom stereocenters. The number of aromatic nitrogens is 2. The molecule has 1 rings (SSSR count). The van der Waals surface area contributed by atoms with Gasteiger partial charge in [-0.25, -0.2) is 0 Å². The second-order valence-corrected chi connectivity index (χ2v) is 3.33. The maximum Gasteiger partial charge on any atom is 0.0624 e. The van der Waals surface area contributed by atoms with Gasteiger partial charge in [-0.1, -0.05) is 6.92 Å². The van der Waals surface area contributed by atoms with E-state index in [0.29, 0.717) is 0 Å². The van der Waals surface area contributed by atoms with Crippen LogP contribution in [0.15, 0.2) is 12.3 Å². The van der Waals surface area contributed by atoms with Crippen molar-refractivity contribution in [2.45, 2.75) is 26.2 Å². The first-order valence-corrected chi connectivity index (χ1v) is 5.02. The molecule has 0 atom stereocenters. The van der Waals surface area contributed by atoms with E-state index in [4.69, 9.17) is 0 Å². The number of hydrogen-bond donors (Lipinski definition) is 1. The van der Waals surface area contributed by atoms with Crippen LogP contribution in [0.5, 0.6) is 0 Å². The summed E-state index contributed by atoms with van der Waals surface area (Å²) in [6, 6.07) is 2.08. The monoisotopic (exact) mass is 181 g/mol. The van der Waals surface area contributed by atoms with Crippen molar-refractivity contribution in [2.24, 2.45) is 7.05 Å². The van der Waals surface area contributed by atoms with Gasteiger partial charge in [-0.3, -0.25) is 4.68 Å². The smallest absolute Gasteiger partial charge is 0.0624 e. The van der Waals surface area contributed by atoms with Crippen molar-refractivity contribution in [1.29, 1.82) is 0 Å². The Morgan fingerprint density at radius 2 is 2.31 bits per heavy atom. The molecule has 0 saturated carbocycles. The highest BCUT2D eigenvalue weighted by Crippen LogP contribution is 1.97. The maximum absolute atomic E-state index is 4.32. The molecule has 0 aliphatic carbocycles. The first kappa shape index (κ1) is 10.3. The van der Waals surface area contributed by atoms with Crippen LogP contribution in [-0.2, 0) is 13.5 Å². The molecule has 1 aromatic heterocycles. The minimum Gasteiger partial charge on any atom is -0.317 e. The Labute approximate surface area is 80.1 Å². The average Bonchev–Trinajstić information content (AvgIpc) is 2.51. The number of hydrogen-bond acceptors (Lipinski definition) is 2. The lowest BCUT2D eigenvalue weighted by Crippen LogP contribution is -2.16. The molecule has 1 aromatic rings. The number of aryl methyl sites for hydroxylation is 2. The fourth-order valence-corrected chi connectivity index (χ4v) is 1.29. The molecule has 0 aliphatic rings. The molecule has 74 valence electrons. The predicted molar refractivity (Wildman–Crippen MR) is 54.7 cm³/mol. The van der Waals surface area contributed by atoms with Gasteiger partial charge in [0.1, 0.15) is 0 Å². The maximum atomic E-state index is 4.32. The van der Waals surface area contributed by atoms with Crippen LogP contribution in [0, 0.1) is 0 Å². The Hall–Kier alpha value is -0.830. The van der Waals surface area contributed by atoms with Crippen LogP contribution in [-0.4, -0.2) is 22.9 Å². The second-order valence-electron chi connectivity index (χ2n) is 3.33. The van der Waals surface area contributed by atoms with Crippen molar-refractivity contribution in [3.63, 3.8) is 0 Å². The molecule has 0 aromatic carbocycles. The van der Waals surface area contributed by atoms with Crippen molar-refractivity contribution in [1.82, 2.24) is 15.1 Å². The van der Waals surface area contributed by atoms with E-state index >= 15 is 0 Å². The van der Waals surface area contributed by atoms with E-state index in [0.717, 1.165) is 19.5 Å². The van der Waals surface area contributed by atoms with Crippen LogP contribution in [0.1, 0.15) is 25.5 Å². The Morgan fingerprint density at radius 3 is 2.92 bits per heavy atom. The zero-order chi connectivity index (χ0) is 9.52. The summed E-state index contributed by atoms with van der Waals surface area (Å²) in [4.78, 5) is 0. The molecule has 0 aliphatic heterocycles. The third kappa shape index (κ3) is 4.08. The number of rotatable bonds is 6. The van der Waals surface area contributed by atoms with E-state index in [1.165, 1.54) is 18.5 Å². The summed E-state index contributed by atoms with van der Waals surface area (Å²) in [6.45, 7) is 4.42. The van der Waals surface area contributed by atoms with Crippen molar-refractivity contribution >= 4 is 0 Å². The van der Waals surface area contributed by atoms with Gasteiger partial charge in [-0.05, 0) is 38.4 Å². The molecule has 0 saturated heterocycles. The van der Waals surface area contributed by atoms with Gasteiger partial charge in [-0.2, -0.15) is 5.10 Å². The molecule has 0 fully saturated rings. The third-order valence-electron chi connectivity index (χ3n) is 1.98. The quantitative estimate of drug-likeness (QED) is 0.671. The molecule has 0 radical (unpaired) electrons. The molecule has 1 heterocycles. The van der Waals surface area contributed by atoms with Crippen LogP contribution in [0.2, 0.25) is 0 Å². The number of nitrogens with zero attached hydrogens (tertiary/aromatic N) is 2. The first-order chi connectivity index (χ1) is 6.33. The molecule has 1 N–H and O–H groups in total. The van der Waals surface area contributed by atoms with E-state index < -0.39 is 0 Å². The van der Waals surface area contributed by atoms with E-state index in [9.17, 15) is 0 Å². The molecule has 3 nitrogen and oxygen atoms in total. The molecule has 0 amide bonds. The van der Waals surface area contributed by atoms with Gasteiger partial charge in [-0.15, -0.1) is 0 Å². The molecular formula is C10H19N3. The normalized spacial score (nSPS) is 10.6. The Kier molecular flexibility index (Phi) is 4.54. The number of nitrogens with one attached hydrogen (secondary N) is 1. The highest BCUT2D eigenvalue weighted by molar-refractivity contribution is 4.98. The van der Waals surface area contributed by atoms with Gasteiger partial charge in [0, 0.05) is 13.2 Å². The van der Waals surface area contributed by atoms with E-state index in [-0.39, 0.29) is 0 Å². The summed E-state index contributed by atoms with van der Waals surface area (Å²) in [6.07, 6.45) is 5.47.